The molecule has 0 unspecified atom stereocenters. The summed E-state index contributed by atoms with van der Waals surface area (Å²) >= 11 is 0. The molecule has 0 aliphatic carbocycles. The van der Waals surface area contributed by atoms with E-state index in [-0.39, 0.29) is 5.56 Å². The summed E-state index contributed by atoms with van der Waals surface area (Å²) in [5.74, 6) is 4.95. The molecular formula is C9H9N3O2. The summed E-state index contributed by atoms with van der Waals surface area (Å²) in [5, 5.41) is 0. The molecule has 3 N–H and O–H groups in total. The van der Waals surface area contributed by atoms with Crippen LogP contribution in [0.1, 0.15) is 5.56 Å². The molecule has 0 saturated heterocycles. The number of benzene rings is 1. The van der Waals surface area contributed by atoms with Gasteiger partial charge in [0, 0.05) is 0 Å². The Kier molecular flexibility index (Phi) is 2.26. The Bertz CT molecular complexity index is 507. The van der Waals surface area contributed by atoms with Crippen LogP contribution < -0.4 is 11.5 Å². The van der Waals surface area contributed by atoms with Gasteiger partial charge < -0.3 is 4.98 Å². The number of nitrogens with zero attached hydrogens (tertiary/aromatic N) is 1. The van der Waals surface area contributed by atoms with E-state index in [9.17, 15) is 4.79 Å². The first-order valence-corrected chi connectivity index (χ1v) is 4.09. The Morgan fingerprint density at radius 2 is 2.36 bits per heavy atom. The molecule has 2 aromatic rings. The molecule has 1 heterocycles. The van der Waals surface area contributed by atoms with Crippen LogP contribution in [0.2, 0.25) is 0 Å². The molecule has 0 saturated carbocycles. The Morgan fingerprint density at radius 3 is 3.14 bits per heavy atom. The molecule has 0 bridgehead atoms. The second kappa shape index (κ2) is 3.57. The van der Waals surface area contributed by atoms with Gasteiger partial charge in [0.05, 0.1) is 23.8 Å². The van der Waals surface area contributed by atoms with E-state index >= 15 is 0 Å². The lowest BCUT2D eigenvalue weighted by Crippen LogP contribution is -2.05. The molecule has 5 nitrogen and oxygen atoms in total. The Balaban J connectivity index is 2.56. The average Bonchev–Trinajstić information content (AvgIpc) is 2.19. The predicted octanol–water partition coefficient (Wildman–Crippen LogP) is 0.313. The SMILES string of the molecule is NOCc1ccc2[nH]c(=O)cnc2c1. The van der Waals surface area contributed by atoms with E-state index in [1.54, 1.807) is 6.07 Å². The summed E-state index contributed by atoms with van der Waals surface area (Å²) in [6, 6.07) is 5.42. The third-order valence-corrected chi connectivity index (χ3v) is 1.89. The summed E-state index contributed by atoms with van der Waals surface area (Å²) in [6.45, 7) is 0.330. The molecule has 0 aliphatic heterocycles. The van der Waals surface area contributed by atoms with E-state index in [0.29, 0.717) is 12.1 Å². The van der Waals surface area contributed by atoms with Crippen molar-refractivity contribution in [2.45, 2.75) is 6.61 Å². The van der Waals surface area contributed by atoms with Gasteiger partial charge >= 0.3 is 0 Å². The lowest BCUT2D eigenvalue weighted by molar-refractivity contribution is 0.124. The summed E-state index contributed by atoms with van der Waals surface area (Å²) in [4.78, 5) is 22.1. The highest BCUT2D eigenvalue weighted by Gasteiger charge is 1.97. The largest absolute Gasteiger partial charge is 0.319 e. The van der Waals surface area contributed by atoms with Crippen molar-refractivity contribution in [2.24, 2.45) is 5.90 Å². The van der Waals surface area contributed by atoms with Crippen LogP contribution in [0.25, 0.3) is 11.0 Å². The van der Waals surface area contributed by atoms with Gasteiger partial charge in [0.1, 0.15) is 0 Å². The van der Waals surface area contributed by atoms with E-state index in [2.05, 4.69) is 14.8 Å². The molecule has 1 aromatic carbocycles. The number of H-pyrrole nitrogens is 1. The average molecular weight is 191 g/mol. The molecule has 0 amide bonds. The van der Waals surface area contributed by atoms with E-state index in [1.165, 1.54) is 6.20 Å². The van der Waals surface area contributed by atoms with Crippen LogP contribution in [0.4, 0.5) is 0 Å². The molecule has 0 aliphatic rings. The molecule has 0 spiro atoms. The van der Waals surface area contributed by atoms with Gasteiger partial charge in [-0.3, -0.25) is 9.63 Å². The van der Waals surface area contributed by atoms with Gasteiger partial charge in [-0.25, -0.2) is 10.9 Å². The van der Waals surface area contributed by atoms with Crippen molar-refractivity contribution >= 4 is 11.0 Å². The Labute approximate surface area is 79.5 Å². The smallest absolute Gasteiger partial charge is 0.266 e. The van der Waals surface area contributed by atoms with Crippen molar-refractivity contribution in [1.29, 1.82) is 0 Å². The summed E-state index contributed by atoms with van der Waals surface area (Å²) < 4.78 is 0. The number of nitrogens with two attached hydrogens (primary N) is 1. The second-order valence-electron chi connectivity index (χ2n) is 2.91. The predicted molar refractivity (Wildman–Crippen MR) is 51.3 cm³/mol. The molecular weight excluding hydrogens is 182 g/mol. The van der Waals surface area contributed by atoms with Crippen LogP contribution >= 0.6 is 0 Å². The normalized spacial score (nSPS) is 10.6. The van der Waals surface area contributed by atoms with E-state index in [0.717, 1.165) is 11.1 Å². The van der Waals surface area contributed by atoms with Crippen LogP contribution in [0, 0.1) is 0 Å². The number of aromatic nitrogens is 2. The van der Waals surface area contributed by atoms with Gasteiger partial charge in [-0.2, -0.15) is 0 Å². The zero-order valence-corrected chi connectivity index (χ0v) is 7.36. The fraction of sp³-hybridized carbons (Fsp3) is 0.111. The summed E-state index contributed by atoms with van der Waals surface area (Å²) in [6.07, 6.45) is 1.25. The maximum absolute atomic E-state index is 10.9. The first kappa shape index (κ1) is 8.86. The zero-order chi connectivity index (χ0) is 9.97. The van der Waals surface area contributed by atoms with Crippen LogP contribution in [0.3, 0.4) is 0 Å². The zero-order valence-electron chi connectivity index (χ0n) is 7.36. The van der Waals surface area contributed by atoms with Gasteiger partial charge in [0.25, 0.3) is 5.56 Å². The van der Waals surface area contributed by atoms with Gasteiger partial charge in [-0.15, -0.1) is 0 Å². The number of hydrogen-bond acceptors (Lipinski definition) is 4. The number of fused-ring (bicyclic) bond motifs is 1. The first-order valence-electron chi connectivity index (χ1n) is 4.09. The van der Waals surface area contributed by atoms with Crippen LogP contribution in [-0.4, -0.2) is 9.97 Å². The number of nitrogens with one attached hydrogen (secondary N) is 1. The maximum atomic E-state index is 10.9. The maximum Gasteiger partial charge on any atom is 0.266 e. The molecule has 72 valence electrons. The fourth-order valence-corrected chi connectivity index (χ4v) is 1.27. The molecule has 0 radical (unpaired) electrons. The van der Waals surface area contributed by atoms with Crippen molar-refractivity contribution in [1.82, 2.24) is 9.97 Å². The van der Waals surface area contributed by atoms with Crippen LogP contribution in [0.5, 0.6) is 0 Å². The monoisotopic (exact) mass is 191 g/mol. The van der Waals surface area contributed by atoms with Gasteiger partial charge in [-0.05, 0) is 17.7 Å². The highest BCUT2D eigenvalue weighted by atomic mass is 16.6. The van der Waals surface area contributed by atoms with Gasteiger partial charge in [0.2, 0.25) is 0 Å². The molecule has 0 fully saturated rings. The summed E-state index contributed by atoms with van der Waals surface area (Å²) in [7, 11) is 0. The lowest BCUT2D eigenvalue weighted by atomic mass is 10.2. The first-order chi connectivity index (χ1) is 6.79. The topological polar surface area (TPSA) is 81.0 Å². The van der Waals surface area contributed by atoms with Crippen molar-refractivity contribution < 1.29 is 4.84 Å². The third kappa shape index (κ3) is 1.63. The van der Waals surface area contributed by atoms with E-state index in [4.69, 9.17) is 5.90 Å². The second-order valence-corrected chi connectivity index (χ2v) is 2.91. The Morgan fingerprint density at radius 1 is 1.50 bits per heavy atom. The molecule has 2 rings (SSSR count). The quantitative estimate of drug-likeness (QED) is 0.669. The third-order valence-electron chi connectivity index (χ3n) is 1.89. The number of rotatable bonds is 2. The highest BCUT2D eigenvalue weighted by molar-refractivity contribution is 5.74. The molecule has 0 atom stereocenters. The van der Waals surface area contributed by atoms with E-state index in [1.807, 2.05) is 12.1 Å². The molecule has 14 heavy (non-hydrogen) atoms. The lowest BCUT2D eigenvalue weighted by Gasteiger charge is -2.00. The van der Waals surface area contributed by atoms with Gasteiger partial charge in [-0.1, -0.05) is 6.07 Å². The minimum atomic E-state index is -0.208. The Hall–Kier alpha value is -1.72. The van der Waals surface area contributed by atoms with Crippen molar-refractivity contribution in [3.8, 4) is 0 Å². The van der Waals surface area contributed by atoms with Crippen LogP contribution in [-0.2, 0) is 11.4 Å². The van der Waals surface area contributed by atoms with Crippen LogP contribution in [0.15, 0.2) is 29.2 Å². The van der Waals surface area contributed by atoms with Crippen molar-refractivity contribution in [2.75, 3.05) is 0 Å². The molecule has 5 heteroatoms. The molecule has 1 aromatic heterocycles. The summed E-state index contributed by atoms with van der Waals surface area (Å²) in [5.41, 5.74) is 2.14. The standard InChI is InChI=1S/C9H9N3O2/c10-14-5-6-1-2-7-8(3-6)11-4-9(13)12-7/h1-4H,5,10H2,(H,12,13). The minimum absolute atomic E-state index is 0.208. The van der Waals surface area contributed by atoms with E-state index < -0.39 is 0 Å². The fourth-order valence-electron chi connectivity index (χ4n) is 1.27. The number of hydrogen-bond donors (Lipinski definition) is 2. The van der Waals surface area contributed by atoms with Crippen molar-refractivity contribution in [3.63, 3.8) is 0 Å². The van der Waals surface area contributed by atoms with Crippen molar-refractivity contribution in [3.05, 3.63) is 40.3 Å². The minimum Gasteiger partial charge on any atom is -0.319 e. The van der Waals surface area contributed by atoms with Gasteiger partial charge in [0.15, 0.2) is 0 Å². The number of aromatic amines is 1. The highest BCUT2D eigenvalue weighted by Crippen LogP contribution is 2.09.